The fourth-order valence-corrected chi connectivity index (χ4v) is 2.53. The van der Waals surface area contributed by atoms with E-state index in [0.29, 0.717) is 17.1 Å². The number of nitrogens with zero attached hydrogens (tertiary/aromatic N) is 3. The maximum absolute atomic E-state index is 13.3. The number of hydrogen-bond donors (Lipinski definition) is 2. The summed E-state index contributed by atoms with van der Waals surface area (Å²) in [7, 11) is 0. The van der Waals surface area contributed by atoms with Gasteiger partial charge in [0.05, 0.1) is 11.2 Å². The molecular formula is C19H20FN5. The van der Waals surface area contributed by atoms with Crippen molar-refractivity contribution in [3.05, 3.63) is 60.4 Å². The first-order valence-electron chi connectivity index (χ1n) is 8.21. The van der Waals surface area contributed by atoms with Crippen molar-refractivity contribution in [1.82, 2.24) is 25.4 Å². The molecule has 0 spiro atoms. The van der Waals surface area contributed by atoms with Gasteiger partial charge < -0.3 is 0 Å². The quantitative estimate of drug-likeness (QED) is 0.638. The van der Waals surface area contributed by atoms with Crippen LogP contribution in [0.5, 0.6) is 0 Å². The Bertz CT molecular complexity index is 961. The zero-order valence-electron chi connectivity index (χ0n) is 14.3. The van der Waals surface area contributed by atoms with Crippen molar-refractivity contribution >= 4 is 16.5 Å². The van der Waals surface area contributed by atoms with Crippen molar-refractivity contribution < 1.29 is 4.39 Å². The number of aromatic nitrogens is 5. The molecule has 3 aromatic rings. The van der Waals surface area contributed by atoms with E-state index in [1.807, 2.05) is 18.2 Å². The van der Waals surface area contributed by atoms with Gasteiger partial charge in [0, 0.05) is 17.4 Å². The van der Waals surface area contributed by atoms with E-state index in [4.69, 9.17) is 0 Å². The highest BCUT2D eigenvalue weighted by Crippen LogP contribution is 2.27. The number of aryl methyl sites for hydroxylation is 1. The predicted molar refractivity (Wildman–Crippen MR) is 98.5 cm³/mol. The highest BCUT2D eigenvalue weighted by molar-refractivity contribution is 5.94. The molecule has 0 saturated carbocycles. The van der Waals surface area contributed by atoms with Crippen LogP contribution in [0.4, 0.5) is 4.39 Å². The van der Waals surface area contributed by atoms with Crippen LogP contribution in [0.2, 0.25) is 0 Å². The van der Waals surface area contributed by atoms with Crippen LogP contribution >= 0.6 is 0 Å². The number of nitrogens with one attached hydrogen (secondary N) is 2. The van der Waals surface area contributed by atoms with E-state index in [0.717, 1.165) is 35.1 Å². The molecule has 0 aliphatic carbocycles. The SMILES string of the molecule is C=C(/C=C\C(F)=C/C)c1n[nH]c2ccc(-c3n[nH]c(CCC)n3)cc12. The Hall–Kier alpha value is -3.02. The van der Waals surface area contributed by atoms with E-state index in [1.54, 1.807) is 13.0 Å². The molecule has 0 aliphatic rings. The minimum atomic E-state index is -0.314. The fraction of sp³-hybridized carbons (Fsp3) is 0.211. The number of halogens is 1. The molecule has 25 heavy (non-hydrogen) atoms. The van der Waals surface area contributed by atoms with Gasteiger partial charge in [-0.3, -0.25) is 10.2 Å². The molecule has 0 aliphatic heterocycles. The van der Waals surface area contributed by atoms with Gasteiger partial charge in [-0.2, -0.15) is 10.2 Å². The average Bonchev–Trinajstić information content (AvgIpc) is 3.26. The van der Waals surface area contributed by atoms with Gasteiger partial charge in [0.15, 0.2) is 5.82 Å². The molecule has 3 rings (SSSR count). The van der Waals surface area contributed by atoms with Crippen LogP contribution in [0.15, 0.2) is 48.8 Å². The van der Waals surface area contributed by atoms with Crippen molar-refractivity contribution in [2.45, 2.75) is 26.7 Å². The number of hydrogen-bond acceptors (Lipinski definition) is 3. The maximum Gasteiger partial charge on any atom is 0.181 e. The van der Waals surface area contributed by atoms with Crippen LogP contribution in [-0.4, -0.2) is 25.4 Å². The number of benzene rings is 1. The van der Waals surface area contributed by atoms with Crippen LogP contribution in [0, 0.1) is 0 Å². The average molecular weight is 337 g/mol. The Morgan fingerprint density at radius 2 is 2.08 bits per heavy atom. The van der Waals surface area contributed by atoms with Crippen LogP contribution < -0.4 is 0 Å². The lowest BCUT2D eigenvalue weighted by molar-refractivity contribution is 0.665. The molecule has 6 heteroatoms. The Kier molecular flexibility index (Phi) is 4.88. The van der Waals surface area contributed by atoms with Crippen molar-refractivity contribution in [3.63, 3.8) is 0 Å². The lowest BCUT2D eigenvalue weighted by Crippen LogP contribution is -1.86. The molecule has 1 aromatic carbocycles. The molecule has 0 radical (unpaired) electrons. The van der Waals surface area contributed by atoms with E-state index in [9.17, 15) is 4.39 Å². The number of rotatable bonds is 6. The Balaban J connectivity index is 1.96. The zero-order valence-corrected chi connectivity index (χ0v) is 14.3. The lowest BCUT2D eigenvalue weighted by Gasteiger charge is -1.99. The molecule has 128 valence electrons. The third-order valence-corrected chi connectivity index (χ3v) is 3.86. The van der Waals surface area contributed by atoms with E-state index >= 15 is 0 Å². The number of H-pyrrole nitrogens is 2. The molecule has 2 N–H and O–H groups in total. The summed E-state index contributed by atoms with van der Waals surface area (Å²) in [5.74, 6) is 1.21. The van der Waals surface area contributed by atoms with Crippen molar-refractivity contribution in [2.24, 2.45) is 0 Å². The predicted octanol–water partition coefficient (Wildman–Crippen LogP) is 4.74. The van der Waals surface area contributed by atoms with E-state index < -0.39 is 0 Å². The van der Waals surface area contributed by atoms with Gasteiger partial charge in [-0.05, 0) is 43.2 Å². The van der Waals surface area contributed by atoms with Gasteiger partial charge in [0.1, 0.15) is 11.7 Å². The smallest absolute Gasteiger partial charge is 0.181 e. The summed E-state index contributed by atoms with van der Waals surface area (Å²) in [6.45, 7) is 7.72. The molecular weight excluding hydrogens is 317 g/mol. The second-order valence-electron chi connectivity index (χ2n) is 5.72. The first-order valence-corrected chi connectivity index (χ1v) is 8.21. The molecule has 0 amide bonds. The van der Waals surface area contributed by atoms with Crippen molar-refractivity contribution in [1.29, 1.82) is 0 Å². The van der Waals surface area contributed by atoms with Crippen LogP contribution in [0.25, 0.3) is 27.9 Å². The molecule has 5 nitrogen and oxygen atoms in total. The standard InChI is InChI=1S/C19H20FN5/c1-4-6-17-21-19(25-23-17)13-8-10-16-15(11-13)18(24-22-16)12(3)7-9-14(20)5-2/h5,7-11H,3-4,6H2,1-2H3,(H,22,24)(H,21,23,25)/b9-7-,14-5+. The van der Waals surface area contributed by atoms with Crippen molar-refractivity contribution in [2.75, 3.05) is 0 Å². The van der Waals surface area contributed by atoms with E-state index in [1.165, 1.54) is 12.2 Å². The second-order valence-corrected chi connectivity index (χ2v) is 5.72. The molecule has 0 fully saturated rings. The molecule has 0 saturated heterocycles. The summed E-state index contributed by atoms with van der Waals surface area (Å²) in [5.41, 5.74) is 3.08. The summed E-state index contributed by atoms with van der Waals surface area (Å²) in [6.07, 6.45) is 6.25. The number of fused-ring (bicyclic) bond motifs is 1. The number of allylic oxidation sites excluding steroid dienone is 5. The van der Waals surface area contributed by atoms with E-state index in [-0.39, 0.29) is 5.83 Å². The maximum atomic E-state index is 13.3. The third-order valence-electron chi connectivity index (χ3n) is 3.86. The largest absolute Gasteiger partial charge is 0.277 e. The Labute approximate surface area is 145 Å². The minimum absolute atomic E-state index is 0.314. The summed E-state index contributed by atoms with van der Waals surface area (Å²) in [6, 6.07) is 5.85. The van der Waals surface area contributed by atoms with Gasteiger partial charge in [-0.1, -0.05) is 25.7 Å². The van der Waals surface area contributed by atoms with Crippen LogP contribution in [0.3, 0.4) is 0 Å². The highest BCUT2D eigenvalue weighted by Gasteiger charge is 2.11. The van der Waals surface area contributed by atoms with Crippen LogP contribution in [-0.2, 0) is 6.42 Å². The normalized spacial score (nSPS) is 12.4. The van der Waals surface area contributed by atoms with Gasteiger partial charge in [-0.25, -0.2) is 9.37 Å². The first-order chi connectivity index (χ1) is 12.1. The summed E-state index contributed by atoms with van der Waals surface area (Å²) >= 11 is 0. The van der Waals surface area contributed by atoms with E-state index in [2.05, 4.69) is 38.9 Å². The van der Waals surface area contributed by atoms with Crippen molar-refractivity contribution in [3.8, 4) is 11.4 Å². The van der Waals surface area contributed by atoms with Gasteiger partial charge in [0.2, 0.25) is 0 Å². The summed E-state index contributed by atoms with van der Waals surface area (Å²) < 4.78 is 13.3. The first kappa shape index (κ1) is 16.8. The molecule has 2 aromatic heterocycles. The molecule has 0 bridgehead atoms. The third kappa shape index (κ3) is 3.57. The summed E-state index contributed by atoms with van der Waals surface area (Å²) in [5, 5.41) is 15.4. The molecule has 0 atom stereocenters. The lowest BCUT2D eigenvalue weighted by atomic mass is 10.1. The second kappa shape index (κ2) is 7.25. The molecule has 2 heterocycles. The Morgan fingerprint density at radius 1 is 1.24 bits per heavy atom. The van der Waals surface area contributed by atoms with Gasteiger partial charge in [0.25, 0.3) is 0 Å². The zero-order chi connectivity index (χ0) is 17.8. The van der Waals surface area contributed by atoms with Gasteiger partial charge >= 0.3 is 0 Å². The Morgan fingerprint density at radius 3 is 2.84 bits per heavy atom. The van der Waals surface area contributed by atoms with Gasteiger partial charge in [-0.15, -0.1) is 0 Å². The topological polar surface area (TPSA) is 70.2 Å². The minimum Gasteiger partial charge on any atom is -0.277 e. The highest BCUT2D eigenvalue weighted by atomic mass is 19.1. The number of aromatic amines is 2. The molecule has 0 unspecified atom stereocenters. The fourth-order valence-electron chi connectivity index (χ4n) is 2.53. The summed E-state index contributed by atoms with van der Waals surface area (Å²) in [4.78, 5) is 4.52. The van der Waals surface area contributed by atoms with Crippen LogP contribution in [0.1, 0.15) is 31.8 Å². The monoisotopic (exact) mass is 337 g/mol.